The molecule has 0 radical (unpaired) electrons. The average molecular weight is 311 g/mol. The van der Waals surface area contributed by atoms with Gasteiger partial charge in [0, 0.05) is 16.3 Å². The number of halogens is 1. The average Bonchev–Trinajstić information content (AvgIpc) is 3.02. The summed E-state index contributed by atoms with van der Waals surface area (Å²) >= 11 is 9.32. The Kier molecular flexibility index (Phi) is 4.64. The SMILES string of the molecule is CC(C)(C#N)CNC(c1cccs1)c1ccc(Cl)s1. The third-order valence-corrected chi connectivity index (χ3v) is 4.99. The molecule has 0 spiro atoms. The lowest BCUT2D eigenvalue weighted by Gasteiger charge is -2.21. The molecule has 0 saturated carbocycles. The number of nitrogens with one attached hydrogen (secondary N) is 1. The minimum absolute atomic E-state index is 0.116. The quantitative estimate of drug-likeness (QED) is 0.869. The number of nitriles is 1. The van der Waals surface area contributed by atoms with E-state index in [1.165, 1.54) is 9.75 Å². The van der Waals surface area contributed by atoms with Crippen LogP contribution in [0.3, 0.4) is 0 Å². The smallest absolute Gasteiger partial charge is 0.0931 e. The highest BCUT2D eigenvalue weighted by atomic mass is 35.5. The Morgan fingerprint density at radius 2 is 2.16 bits per heavy atom. The van der Waals surface area contributed by atoms with Crippen LogP contribution in [0.25, 0.3) is 0 Å². The van der Waals surface area contributed by atoms with Crippen molar-refractivity contribution in [2.45, 2.75) is 19.9 Å². The monoisotopic (exact) mass is 310 g/mol. The van der Waals surface area contributed by atoms with E-state index in [2.05, 4.69) is 22.8 Å². The zero-order valence-electron chi connectivity index (χ0n) is 10.8. The molecule has 100 valence electrons. The molecule has 2 aromatic heterocycles. The highest BCUT2D eigenvalue weighted by Gasteiger charge is 2.22. The fourth-order valence-corrected chi connectivity index (χ4v) is 3.73. The fourth-order valence-electron chi connectivity index (χ4n) is 1.68. The van der Waals surface area contributed by atoms with E-state index in [1.54, 1.807) is 22.7 Å². The topological polar surface area (TPSA) is 35.8 Å². The summed E-state index contributed by atoms with van der Waals surface area (Å²) in [4.78, 5) is 2.42. The Bertz CT molecular complexity index is 567. The van der Waals surface area contributed by atoms with Gasteiger partial charge in [0.2, 0.25) is 0 Å². The highest BCUT2D eigenvalue weighted by molar-refractivity contribution is 7.16. The molecule has 2 aromatic rings. The van der Waals surface area contributed by atoms with Crippen molar-refractivity contribution in [1.29, 1.82) is 5.26 Å². The lowest BCUT2D eigenvalue weighted by Crippen LogP contribution is -2.31. The van der Waals surface area contributed by atoms with Crippen LogP contribution in [0.4, 0.5) is 0 Å². The van der Waals surface area contributed by atoms with Crippen molar-refractivity contribution in [3.05, 3.63) is 43.7 Å². The summed E-state index contributed by atoms with van der Waals surface area (Å²) in [5.41, 5.74) is -0.378. The standard InChI is InChI=1S/C14H15ClN2S2/c1-14(2,8-16)9-17-13(10-4-3-7-18-10)11-5-6-12(15)19-11/h3-7,13,17H,9H2,1-2H3. The van der Waals surface area contributed by atoms with Gasteiger partial charge >= 0.3 is 0 Å². The van der Waals surface area contributed by atoms with Crippen molar-refractivity contribution < 1.29 is 0 Å². The molecule has 1 unspecified atom stereocenters. The van der Waals surface area contributed by atoms with E-state index in [1.807, 2.05) is 32.0 Å². The third-order valence-electron chi connectivity index (χ3n) is 2.76. The molecule has 0 fully saturated rings. The van der Waals surface area contributed by atoms with Crippen LogP contribution in [-0.4, -0.2) is 6.54 Å². The van der Waals surface area contributed by atoms with E-state index in [9.17, 15) is 0 Å². The van der Waals surface area contributed by atoms with Gasteiger partial charge in [-0.1, -0.05) is 17.7 Å². The maximum atomic E-state index is 9.11. The number of rotatable bonds is 5. The molecule has 2 heterocycles. The van der Waals surface area contributed by atoms with Crippen LogP contribution < -0.4 is 5.32 Å². The lowest BCUT2D eigenvalue weighted by atomic mass is 9.95. The number of nitrogens with zero attached hydrogens (tertiary/aromatic N) is 1. The van der Waals surface area contributed by atoms with Gasteiger partial charge in [0.1, 0.15) is 0 Å². The zero-order chi connectivity index (χ0) is 13.9. The largest absolute Gasteiger partial charge is 0.303 e. The Labute approximate surface area is 126 Å². The van der Waals surface area contributed by atoms with Crippen LogP contribution in [-0.2, 0) is 0 Å². The summed E-state index contributed by atoms with van der Waals surface area (Å²) in [5.74, 6) is 0. The summed E-state index contributed by atoms with van der Waals surface area (Å²) in [7, 11) is 0. The summed E-state index contributed by atoms with van der Waals surface area (Å²) in [6.07, 6.45) is 0. The van der Waals surface area contributed by atoms with Crippen molar-refractivity contribution in [1.82, 2.24) is 5.32 Å². The molecule has 0 amide bonds. The second-order valence-electron chi connectivity index (χ2n) is 4.97. The molecule has 0 aliphatic carbocycles. The molecule has 0 bridgehead atoms. The summed E-state index contributed by atoms with van der Waals surface area (Å²) in [6, 6.07) is 10.5. The molecular weight excluding hydrogens is 296 g/mol. The predicted octanol–water partition coefficient (Wildman–Crippen LogP) is 4.69. The van der Waals surface area contributed by atoms with Crippen molar-refractivity contribution >= 4 is 34.3 Å². The molecule has 0 saturated heterocycles. The van der Waals surface area contributed by atoms with Crippen LogP contribution in [0.2, 0.25) is 4.34 Å². The Hall–Kier alpha value is -0.860. The van der Waals surface area contributed by atoms with Gasteiger partial charge < -0.3 is 5.32 Å². The zero-order valence-corrected chi connectivity index (χ0v) is 13.2. The molecule has 0 aliphatic rings. The van der Waals surface area contributed by atoms with Gasteiger partial charge in [0.05, 0.1) is 21.9 Å². The predicted molar refractivity (Wildman–Crippen MR) is 82.9 cm³/mol. The lowest BCUT2D eigenvalue weighted by molar-refractivity contribution is 0.428. The molecule has 2 rings (SSSR count). The number of hydrogen-bond acceptors (Lipinski definition) is 4. The van der Waals surface area contributed by atoms with Gasteiger partial charge in [0.15, 0.2) is 0 Å². The van der Waals surface area contributed by atoms with Gasteiger partial charge in [0.25, 0.3) is 0 Å². The van der Waals surface area contributed by atoms with Crippen LogP contribution in [0.1, 0.15) is 29.6 Å². The van der Waals surface area contributed by atoms with Gasteiger partial charge in [-0.25, -0.2) is 0 Å². The summed E-state index contributed by atoms with van der Waals surface area (Å²) < 4.78 is 0.790. The third kappa shape index (κ3) is 3.80. The Morgan fingerprint density at radius 1 is 1.37 bits per heavy atom. The minimum atomic E-state index is -0.378. The van der Waals surface area contributed by atoms with Crippen molar-refractivity contribution in [2.24, 2.45) is 5.41 Å². The second-order valence-corrected chi connectivity index (χ2v) is 7.69. The van der Waals surface area contributed by atoms with Crippen LogP contribution >= 0.6 is 34.3 Å². The van der Waals surface area contributed by atoms with Crippen molar-refractivity contribution in [3.63, 3.8) is 0 Å². The normalized spacial score (nSPS) is 13.2. The number of thiophene rings is 2. The van der Waals surface area contributed by atoms with Gasteiger partial charge in [-0.15, -0.1) is 22.7 Å². The molecular formula is C14H15ClN2S2. The van der Waals surface area contributed by atoms with E-state index >= 15 is 0 Å². The Morgan fingerprint density at radius 3 is 2.68 bits per heavy atom. The first-order chi connectivity index (χ1) is 9.02. The Balaban J connectivity index is 2.19. The first-order valence-electron chi connectivity index (χ1n) is 5.95. The maximum absolute atomic E-state index is 9.11. The van der Waals surface area contributed by atoms with Crippen LogP contribution in [0.5, 0.6) is 0 Å². The van der Waals surface area contributed by atoms with E-state index in [0.29, 0.717) is 6.54 Å². The van der Waals surface area contributed by atoms with Crippen molar-refractivity contribution in [3.8, 4) is 6.07 Å². The first-order valence-corrected chi connectivity index (χ1v) is 8.02. The molecule has 5 heteroatoms. The van der Waals surface area contributed by atoms with Crippen LogP contribution in [0, 0.1) is 16.7 Å². The molecule has 0 aliphatic heterocycles. The highest BCUT2D eigenvalue weighted by Crippen LogP contribution is 2.33. The first kappa shape index (κ1) is 14.5. The molecule has 19 heavy (non-hydrogen) atoms. The van der Waals surface area contributed by atoms with E-state index < -0.39 is 0 Å². The van der Waals surface area contributed by atoms with Crippen LogP contribution in [0.15, 0.2) is 29.6 Å². The van der Waals surface area contributed by atoms with Crippen molar-refractivity contribution in [2.75, 3.05) is 6.54 Å². The molecule has 2 nitrogen and oxygen atoms in total. The van der Waals surface area contributed by atoms with E-state index in [0.717, 1.165) is 4.34 Å². The van der Waals surface area contributed by atoms with Gasteiger partial charge in [-0.3, -0.25) is 0 Å². The number of hydrogen-bond donors (Lipinski definition) is 1. The molecule has 0 aromatic carbocycles. The van der Waals surface area contributed by atoms with E-state index in [4.69, 9.17) is 16.9 Å². The minimum Gasteiger partial charge on any atom is -0.303 e. The van der Waals surface area contributed by atoms with Gasteiger partial charge in [-0.2, -0.15) is 5.26 Å². The summed E-state index contributed by atoms with van der Waals surface area (Å²) in [6.45, 7) is 4.52. The molecule has 1 N–H and O–H groups in total. The second kappa shape index (κ2) is 6.06. The molecule has 1 atom stereocenters. The fraction of sp³-hybridized carbons (Fsp3) is 0.357. The van der Waals surface area contributed by atoms with Gasteiger partial charge in [-0.05, 0) is 37.4 Å². The summed E-state index contributed by atoms with van der Waals surface area (Å²) in [5, 5.41) is 14.7. The maximum Gasteiger partial charge on any atom is 0.0931 e. The van der Waals surface area contributed by atoms with E-state index in [-0.39, 0.29) is 11.5 Å².